The van der Waals surface area contributed by atoms with Gasteiger partial charge in [0, 0.05) is 11.1 Å². The van der Waals surface area contributed by atoms with E-state index >= 15 is 0 Å². The van der Waals surface area contributed by atoms with Gasteiger partial charge >= 0.3 is 0 Å². The lowest BCUT2D eigenvalue weighted by Gasteiger charge is -2.24. The maximum absolute atomic E-state index is 6.24. The zero-order valence-corrected chi connectivity index (χ0v) is 13.3. The quantitative estimate of drug-likeness (QED) is 0.843. The molecule has 112 valence electrons. The van der Waals surface area contributed by atoms with Crippen molar-refractivity contribution in [2.75, 3.05) is 0 Å². The predicted molar refractivity (Wildman–Crippen MR) is 88.4 cm³/mol. The van der Waals surface area contributed by atoms with Crippen LogP contribution in [0.3, 0.4) is 0 Å². The Bertz CT molecular complexity index is 585. The average molecular weight is 304 g/mol. The normalized spacial score (nSPS) is 13.9. The van der Waals surface area contributed by atoms with E-state index in [0.717, 1.165) is 22.6 Å². The summed E-state index contributed by atoms with van der Waals surface area (Å²) >= 11 is 6.01. The second kappa shape index (κ2) is 7.60. The van der Waals surface area contributed by atoms with Crippen LogP contribution >= 0.6 is 11.6 Å². The van der Waals surface area contributed by atoms with Crippen molar-refractivity contribution in [3.63, 3.8) is 0 Å². The molecule has 0 spiro atoms. The van der Waals surface area contributed by atoms with Gasteiger partial charge in [-0.15, -0.1) is 0 Å². The van der Waals surface area contributed by atoms with E-state index in [2.05, 4.69) is 32.0 Å². The fraction of sp³-hybridized carbons (Fsp3) is 0.333. The van der Waals surface area contributed by atoms with Crippen molar-refractivity contribution in [3.05, 3.63) is 70.2 Å². The Balaban J connectivity index is 2.14. The Labute approximate surface area is 131 Å². The summed E-state index contributed by atoms with van der Waals surface area (Å²) < 4.78 is 6.09. The average Bonchev–Trinajstić information content (AvgIpc) is 2.47. The molecule has 0 aliphatic carbocycles. The molecule has 0 radical (unpaired) electrons. The summed E-state index contributed by atoms with van der Waals surface area (Å²) in [6.07, 6.45) is 0.766. The van der Waals surface area contributed by atoms with Gasteiger partial charge in [0.15, 0.2) is 0 Å². The number of benzene rings is 2. The zero-order valence-electron chi connectivity index (χ0n) is 12.6. The highest BCUT2D eigenvalue weighted by Gasteiger charge is 2.19. The second-order valence-electron chi connectivity index (χ2n) is 5.35. The summed E-state index contributed by atoms with van der Waals surface area (Å²) in [5, 5.41) is 0.725. The molecule has 2 N–H and O–H groups in total. The molecule has 21 heavy (non-hydrogen) atoms. The number of aryl methyl sites for hydroxylation is 1. The van der Waals surface area contributed by atoms with Crippen LogP contribution < -0.4 is 5.73 Å². The minimum absolute atomic E-state index is 0.0222. The lowest BCUT2D eigenvalue weighted by molar-refractivity contribution is 0.0212. The van der Waals surface area contributed by atoms with Gasteiger partial charge < -0.3 is 10.5 Å². The van der Waals surface area contributed by atoms with Crippen LogP contribution in [0.15, 0.2) is 48.5 Å². The van der Waals surface area contributed by atoms with Crippen molar-refractivity contribution < 1.29 is 4.74 Å². The van der Waals surface area contributed by atoms with Gasteiger partial charge in [0.1, 0.15) is 0 Å². The van der Waals surface area contributed by atoms with E-state index in [-0.39, 0.29) is 12.1 Å². The molecular formula is C18H22ClNO. The zero-order chi connectivity index (χ0) is 15.2. The van der Waals surface area contributed by atoms with Crippen LogP contribution in [0.4, 0.5) is 0 Å². The third-order valence-electron chi connectivity index (χ3n) is 3.55. The lowest BCUT2D eigenvalue weighted by Crippen LogP contribution is -2.29. The van der Waals surface area contributed by atoms with Crippen molar-refractivity contribution in [2.24, 2.45) is 5.73 Å². The first-order valence-electron chi connectivity index (χ1n) is 7.28. The van der Waals surface area contributed by atoms with Crippen molar-refractivity contribution in [1.29, 1.82) is 0 Å². The minimum atomic E-state index is -0.103. The molecule has 0 saturated heterocycles. The maximum Gasteiger partial charge on any atom is 0.0980 e. The third-order valence-corrected chi connectivity index (χ3v) is 3.78. The van der Waals surface area contributed by atoms with Crippen molar-refractivity contribution >= 4 is 11.6 Å². The van der Waals surface area contributed by atoms with E-state index < -0.39 is 0 Å². The van der Waals surface area contributed by atoms with Gasteiger partial charge in [-0.3, -0.25) is 0 Å². The van der Waals surface area contributed by atoms with Crippen LogP contribution in [0, 0.1) is 6.92 Å². The molecule has 2 aromatic rings. The summed E-state index contributed by atoms with van der Waals surface area (Å²) in [7, 11) is 0. The number of halogens is 1. The van der Waals surface area contributed by atoms with Crippen LogP contribution in [0.5, 0.6) is 0 Å². The molecule has 0 saturated carbocycles. The molecule has 0 aliphatic rings. The molecule has 0 heterocycles. The summed E-state index contributed by atoms with van der Waals surface area (Å²) in [6.45, 7) is 4.66. The molecular weight excluding hydrogens is 282 g/mol. The van der Waals surface area contributed by atoms with E-state index in [9.17, 15) is 0 Å². The van der Waals surface area contributed by atoms with Crippen molar-refractivity contribution in [2.45, 2.75) is 39.0 Å². The first kappa shape index (κ1) is 16.0. The summed E-state index contributed by atoms with van der Waals surface area (Å²) in [4.78, 5) is 0. The monoisotopic (exact) mass is 303 g/mol. The highest BCUT2D eigenvalue weighted by Crippen LogP contribution is 2.25. The molecule has 2 atom stereocenters. The highest BCUT2D eigenvalue weighted by atomic mass is 35.5. The van der Waals surface area contributed by atoms with E-state index in [4.69, 9.17) is 22.1 Å². The molecule has 2 nitrogen and oxygen atoms in total. The number of ether oxygens (including phenoxy) is 1. The Morgan fingerprint density at radius 2 is 1.90 bits per heavy atom. The van der Waals surface area contributed by atoms with Gasteiger partial charge in [-0.1, -0.05) is 60.5 Å². The second-order valence-corrected chi connectivity index (χ2v) is 5.78. The Morgan fingerprint density at radius 1 is 1.14 bits per heavy atom. The molecule has 3 heteroatoms. The van der Waals surface area contributed by atoms with Crippen LogP contribution in [0.25, 0.3) is 0 Å². The van der Waals surface area contributed by atoms with Gasteiger partial charge in [0.05, 0.1) is 12.7 Å². The minimum Gasteiger partial charge on any atom is -0.367 e. The molecule has 0 fully saturated rings. The molecule has 2 aromatic carbocycles. The lowest BCUT2D eigenvalue weighted by atomic mass is 9.99. The van der Waals surface area contributed by atoms with Crippen LogP contribution in [0.1, 0.15) is 36.1 Å². The van der Waals surface area contributed by atoms with E-state index in [1.165, 1.54) is 5.56 Å². The van der Waals surface area contributed by atoms with Crippen molar-refractivity contribution in [3.8, 4) is 0 Å². The van der Waals surface area contributed by atoms with E-state index in [1.54, 1.807) is 0 Å². The predicted octanol–water partition coefficient (Wildman–Crippen LogP) is 4.64. The number of hydrogen-bond donors (Lipinski definition) is 1. The first-order chi connectivity index (χ1) is 10.1. The van der Waals surface area contributed by atoms with Crippen LogP contribution in [0.2, 0.25) is 5.02 Å². The molecule has 0 aliphatic heterocycles. The molecule has 2 rings (SSSR count). The largest absolute Gasteiger partial charge is 0.367 e. The topological polar surface area (TPSA) is 35.2 Å². The maximum atomic E-state index is 6.24. The fourth-order valence-corrected chi connectivity index (χ4v) is 2.55. The Kier molecular flexibility index (Phi) is 5.80. The molecule has 0 aromatic heterocycles. The number of rotatable bonds is 6. The number of hydrogen-bond acceptors (Lipinski definition) is 2. The van der Waals surface area contributed by atoms with Crippen LogP contribution in [-0.4, -0.2) is 6.04 Å². The van der Waals surface area contributed by atoms with Gasteiger partial charge in [0.25, 0.3) is 0 Å². The molecule has 2 unspecified atom stereocenters. The summed E-state index contributed by atoms with van der Waals surface area (Å²) in [6, 6.07) is 16.0. The fourth-order valence-electron chi connectivity index (χ4n) is 2.34. The standard InChI is InChI=1S/C18H22ClNO/c1-3-17(20)18(15-8-4-6-13(2)10-15)21-12-14-7-5-9-16(19)11-14/h4-11,17-18H,3,12,20H2,1-2H3. The molecule has 0 bridgehead atoms. The third kappa shape index (κ3) is 4.57. The van der Waals surface area contributed by atoms with Crippen LogP contribution in [-0.2, 0) is 11.3 Å². The van der Waals surface area contributed by atoms with E-state index in [1.807, 2.05) is 30.3 Å². The SMILES string of the molecule is CCC(N)C(OCc1cccc(Cl)c1)c1cccc(C)c1. The number of nitrogens with two attached hydrogens (primary N) is 1. The van der Waals surface area contributed by atoms with Gasteiger partial charge in [-0.25, -0.2) is 0 Å². The summed E-state index contributed by atoms with van der Waals surface area (Å²) in [5.41, 5.74) is 9.65. The van der Waals surface area contributed by atoms with Gasteiger partial charge in [-0.2, -0.15) is 0 Å². The highest BCUT2D eigenvalue weighted by molar-refractivity contribution is 6.30. The first-order valence-corrected chi connectivity index (χ1v) is 7.66. The van der Waals surface area contributed by atoms with Gasteiger partial charge in [-0.05, 0) is 36.6 Å². The molecule has 0 amide bonds. The van der Waals surface area contributed by atoms with Crippen molar-refractivity contribution in [1.82, 2.24) is 0 Å². The van der Waals surface area contributed by atoms with E-state index in [0.29, 0.717) is 6.61 Å². The smallest absolute Gasteiger partial charge is 0.0980 e. The summed E-state index contributed by atoms with van der Waals surface area (Å²) in [5.74, 6) is 0. The van der Waals surface area contributed by atoms with Gasteiger partial charge in [0.2, 0.25) is 0 Å². The Morgan fingerprint density at radius 3 is 2.57 bits per heavy atom. The Hall–Kier alpha value is -1.35.